The van der Waals surface area contributed by atoms with Gasteiger partial charge in [0.1, 0.15) is 11.6 Å². The number of hydrogen-bond acceptors (Lipinski definition) is 5. The number of carbonyl (C=O) groups excluding carboxylic acids is 1. The summed E-state index contributed by atoms with van der Waals surface area (Å²) in [5.41, 5.74) is -0.570. The first-order valence-electron chi connectivity index (χ1n) is 8.06. The summed E-state index contributed by atoms with van der Waals surface area (Å²) in [6.07, 6.45) is 0.275. The lowest BCUT2D eigenvalue weighted by molar-refractivity contribution is -0.146. The zero-order valence-electron chi connectivity index (χ0n) is 14.9. The zero-order valence-corrected chi connectivity index (χ0v) is 14.9. The van der Waals surface area contributed by atoms with Crippen LogP contribution < -0.4 is 0 Å². The summed E-state index contributed by atoms with van der Waals surface area (Å²) < 4.78 is 5.46. The van der Waals surface area contributed by atoms with Crippen LogP contribution in [0.3, 0.4) is 0 Å². The molecule has 2 unspecified atom stereocenters. The molecule has 1 fully saturated rings. The van der Waals surface area contributed by atoms with Crippen LogP contribution in [0.5, 0.6) is 0 Å². The number of likely N-dealkylation sites (tertiary alicyclic amines) is 1. The fourth-order valence-corrected chi connectivity index (χ4v) is 3.10. The Morgan fingerprint density at radius 2 is 1.91 bits per heavy atom. The highest BCUT2D eigenvalue weighted by atomic mass is 16.6. The van der Waals surface area contributed by atoms with E-state index in [0.29, 0.717) is 6.54 Å². The first-order valence-corrected chi connectivity index (χ1v) is 8.06. The van der Waals surface area contributed by atoms with E-state index in [4.69, 9.17) is 4.74 Å². The first-order chi connectivity index (χ1) is 10.4. The van der Waals surface area contributed by atoms with Crippen LogP contribution in [0.4, 0.5) is 4.79 Å². The molecule has 1 amide bonds. The second-order valence-corrected chi connectivity index (χ2v) is 7.43. The fraction of sp³-hybridized carbons (Fsp3) is 0.875. The predicted molar refractivity (Wildman–Crippen MR) is 86.3 cm³/mol. The van der Waals surface area contributed by atoms with Gasteiger partial charge in [-0.2, -0.15) is 0 Å². The summed E-state index contributed by atoms with van der Waals surface area (Å²) in [5.74, 6) is -1.07. The fourth-order valence-electron chi connectivity index (χ4n) is 3.10. The Kier molecular flexibility index (Phi) is 6.41. The number of likely N-dealkylation sites (N-methyl/N-ethyl adjacent to an activating group) is 1. The van der Waals surface area contributed by atoms with Crippen molar-refractivity contribution in [3.05, 3.63) is 0 Å². The van der Waals surface area contributed by atoms with Gasteiger partial charge in [0.05, 0.1) is 6.10 Å². The Morgan fingerprint density at radius 3 is 2.35 bits per heavy atom. The Hall–Kier alpha value is -1.34. The minimum absolute atomic E-state index is 0.0538. The average molecular weight is 330 g/mol. The van der Waals surface area contributed by atoms with Crippen LogP contribution in [0.2, 0.25) is 0 Å². The number of ether oxygens (including phenoxy) is 1. The molecule has 1 aliphatic rings. The van der Waals surface area contributed by atoms with E-state index in [-0.39, 0.29) is 18.2 Å². The highest BCUT2D eigenvalue weighted by Crippen LogP contribution is 2.27. The van der Waals surface area contributed by atoms with Crippen LogP contribution in [0.25, 0.3) is 0 Å². The quantitative estimate of drug-likeness (QED) is 0.795. The Balaban J connectivity index is 2.81. The zero-order chi connectivity index (χ0) is 17.9. The maximum absolute atomic E-state index is 12.4. The number of aliphatic carboxylic acids is 1. The van der Waals surface area contributed by atoms with E-state index in [9.17, 15) is 19.8 Å². The van der Waals surface area contributed by atoms with Crippen molar-refractivity contribution in [3.8, 4) is 0 Å². The van der Waals surface area contributed by atoms with Crippen LogP contribution in [0, 0.1) is 0 Å². The number of rotatable bonds is 5. The molecule has 0 aromatic heterocycles. The molecule has 0 spiro atoms. The van der Waals surface area contributed by atoms with E-state index < -0.39 is 23.7 Å². The summed E-state index contributed by atoms with van der Waals surface area (Å²) in [4.78, 5) is 27.0. The van der Waals surface area contributed by atoms with Crippen molar-refractivity contribution < 1.29 is 24.5 Å². The van der Waals surface area contributed by atoms with Gasteiger partial charge in [0.2, 0.25) is 0 Å². The van der Waals surface area contributed by atoms with E-state index in [1.54, 1.807) is 16.8 Å². The molecule has 4 atom stereocenters. The molecule has 1 saturated heterocycles. The molecule has 7 heteroatoms. The van der Waals surface area contributed by atoms with Gasteiger partial charge in [-0.3, -0.25) is 9.69 Å². The van der Waals surface area contributed by atoms with Crippen LogP contribution in [0.15, 0.2) is 0 Å². The molecule has 2 N–H and O–H groups in total. The average Bonchev–Trinajstić information content (AvgIpc) is 2.66. The number of carboxylic acid groups (broad SMARTS) is 1. The molecule has 1 aliphatic heterocycles. The maximum atomic E-state index is 12.4. The first kappa shape index (κ1) is 19.7. The number of nitrogens with zero attached hydrogens (tertiary/aromatic N) is 2. The van der Waals surface area contributed by atoms with Gasteiger partial charge in [-0.1, -0.05) is 0 Å². The third kappa shape index (κ3) is 5.35. The maximum Gasteiger partial charge on any atom is 0.410 e. The van der Waals surface area contributed by atoms with E-state index in [1.165, 1.54) is 6.92 Å². The monoisotopic (exact) mass is 330 g/mol. The lowest BCUT2D eigenvalue weighted by atomic mass is 10.1. The highest BCUT2D eigenvalue weighted by Gasteiger charge is 2.39. The summed E-state index contributed by atoms with van der Waals surface area (Å²) in [7, 11) is 1.65. The molecule has 0 aromatic rings. The number of amides is 1. The topological polar surface area (TPSA) is 90.3 Å². The molecule has 1 rings (SSSR count). The minimum Gasteiger partial charge on any atom is -0.480 e. The van der Waals surface area contributed by atoms with Crippen LogP contribution in [0.1, 0.15) is 47.5 Å². The van der Waals surface area contributed by atoms with Crippen molar-refractivity contribution in [2.75, 3.05) is 13.6 Å². The smallest absolute Gasteiger partial charge is 0.410 e. The summed E-state index contributed by atoms with van der Waals surface area (Å²) >= 11 is 0. The van der Waals surface area contributed by atoms with Crippen LogP contribution in [-0.2, 0) is 9.53 Å². The number of hydrogen-bond donors (Lipinski definition) is 2. The highest BCUT2D eigenvalue weighted by molar-refractivity contribution is 5.74. The molecule has 1 heterocycles. The van der Waals surface area contributed by atoms with Gasteiger partial charge >= 0.3 is 12.1 Å². The van der Waals surface area contributed by atoms with Crippen molar-refractivity contribution in [2.24, 2.45) is 0 Å². The van der Waals surface area contributed by atoms with Gasteiger partial charge in [-0.25, -0.2) is 4.79 Å². The van der Waals surface area contributed by atoms with Gasteiger partial charge in [-0.15, -0.1) is 0 Å². The van der Waals surface area contributed by atoms with Gasteiger partial charge in [0, 0.05) is 18.6 Å². The number of aliphatic hydroxyl groups excluding tert-OH is 1. The molecule has 0 bridgehead atoms. The van der Waals surface area contributed by atoms with Crippen LogP contribution >= 0.6 is 0 Å². The normalized spacial score (nSPS) is 24.6. The molecule has 23 heavy (non-hydrogen) atoms. The van der Waals surface area contributed by atoms with E-state index in [0.717, 1.165) is 12.8 Å². The van der Waals surface area contributed by atoms with E-state index >= 15 is 0 Å². The van der Waals surface area contributed by atoms with Crippen molar-refractivity contribution in [1.29, 1.82) is 0 Å². The van der Waals surface area contributed by atoms with Crippen molar-refractivity contribution in [1.82, 2.24) is 9.80 Å². The van der Waals surface area contributed by atoms with Gasteiger partial charge in [0.25, 0.3) is 0 Å². The largest absolute Gasteiger partial charge is 0.480 e. The Bertz CT molecular complexity index is 433. The molecular weight excluding hydrogens is 300 g/mol. The molecule has 0 saturated carbocycles. The predicted octanol–water partition coefficient (Wildman–Crippen LogP) is 1.54. The SMILES string of the molecule is CC1CCC(CN(C)[C@H](C(=O)O)[C@@H](C)O)N1C(=O)OC(C)(C)C. The van der Waals surface area contributed by atoms with Crippen molar-refractivity contribution in [3.63, 3.8) is 0 Å². The second kappa shape index (κ2) is 7.49. The van der Waals surface area contributed by atoms with Gasteiger partial charge < -0.3 is 19.8 Å². The van der Waals surface area contributed by atoms with Crippen molar-refractivity contribution >= 4 is 12.1 Å². The van der Waals surface area contributed by atoms with E-state index in [2.05, 4.69) is 0 Å². The molecule has 7 nitrogen and oxygen atoms in total. The summed E-state index contributed by atoms with van der Waals surface area (Å²) in [6, 6.07) is -1.06. The molecule has 0 aliphatic carbocycles. The van der Waals surface area contributed by atoms with Gasteiger partial charge in [0.15, 0.2) is 0 Å². The molecular formula is C16H30N2O5. The summed E-state index contributed by atoms with van der Waals surface area (Å²) in [5, 5.41) is 18.9. The lowest BCUT2D eigenvalue weighted by Gasteiger charge is -2.35. The molecule has 134 valence electrons. The van der Waals surface area contributed by atoms with E-state index in [1.807, 2.05) is 27.7 Å². The number of carboxylic acids is 1. The minimum atomic E-state index is -1.07. The Morgan fingerprint density at radius 1 is 1.35 bits per heavy atom. The lowest BCUT2D eigenvalue weighted by Crippen LogP contribution is -2.52. The summed E-state index contributed by atoms with van der Waals surface area (Å²) in [6.45, 7) is 9.26. The molecule has 0 radical (unpaired) electrons. The Labute approximate surface area is 138 Å². The van der Waals surface area contributed by atoms with Crippen LogP contribution in [-0.4, -0.2) is 75.5 Å². The number of aliphatic hydroxyl groups is 1. The van der Waals surface area contributed by atoms with Crippen molar-refractivity contribution in [2.45, 2.75) is 77.3 Å². The third-order valence-corrected chi connectivity index (χ3v) is 4.07. The number of carbonyl (C=O) groups is 2. The standard InChI is InChI=1S/C16H30N2O5/c1-10-7-8-12(18(10)15(22)23-16(3,4)5)9-17(6)13(11(2)19)14(20)21/h10-13,19H,7-9H2,1-6H3,(H,20,21)/t10?,11-,12?,13+/m1/s1. The van der Waals surface area contributed by atoms with Gasteiger partial charge in [-0.05, 0) is 54.5 Å². The molecule has 0 aromatic carbocycles. The second-order valence-electron chi connectivity index (χ2n) is 7.43. The third-order valence-electron chi connectivity index (χ3n) is 4.07.